The maximum atomic E-state index is 12.1. The summed E-state index contributed by atoms with van der Waals surface area (Å²) in [4.78, 5) is 21.4. The number of nitrogens with zero attached hydrogens (tertiary/aromatic N) is 3. The van der Waals surface area contributed by atoms with Gasteiger partial charge in [0.05, 0.1) is 12.1 Å². The number of rotatable bonds is 5. The van der Waals surface area contributed by atoms with Gasteiger partial charge in [-0.3, -0.25) is 14.7 Å². The van der Waals surface area contributed by atoms with E-state index in [4.69, 9.17) is 0 Å². The zero-order chi connectivity index (χ0) is 17.8. The third-order valence-corrected chi connectivity index (χ3v) is 4.92. The van der Waals surface area contributed by atoms with E-state index >= 15 is 0 Å². The number of carbonyl (C=O) groups is 1. The molecule has 2 heterocycles. The molecule has 3 rings (SSSR count). The van der Waals surface area contributed by atoms with Crippen molar-refractivity contribution in [3.63, 3.8) is 0 Å². The van der Waals surface area contributed by atoms with E-state index in [0.29, 0.717) is 6.54 Å². The van der Waals surface area contributed by atoms with Gasteiger partial charge >= 0.3 is 0 Å². The molecule has 25 heavy (non-hydrogen) atoms. The molecule has 1 aromatic carbocycles. The van der Waals surface area contributed by atoms with Crippen molar-refractivity contribution in [1.82, 2.24) is 15.2 Å². The number of aryl methyl sites for hydroxylation is 1. The van der Waals surface area contributed by atoms with Crippen LogP contribution in [0.3, 0.4) is 0 Å². The van der Waals surface area contributed by atoms with Gasteiger partial charge in [-0.25, -0.2) is 0 Å². The predicted molar refractivity (Wildman–Crippen MR) is 103 cm³/mol. The Kier molecular flexibility index (Phi) is 5.53. The molecule has 5 nitrogen and oxygen atoms in total. The Balaban J connectivity index is 1.64. The monoisotopic (exact) mass is 340 g/mol. The molecule has 0 bridgehead atoms. The van der Waals surface area contributed by atoms with Crippen LogP contribution in [0, 0.1) is 6.92 Å². The van der Waals surface area contributed by atoms with Gasteiger partial charge in [-0.2, -0.15) is 0 Å². The number of carbonyl (C=O) groups excluding carboxylic acids is 1. The summed E-state index contributed by atoms with van der Waals surface area (Å²) in [5.41, 5.74) is 3.35. The first-order valence-electron chi connectivity index (χ1n) is 9.20. The number of nitrogens with one attached hydrogen (secondary N) is 1. The normalized spacial score (nSPS) is 16.8. The largest absolute Gasteiger partial charge is 0.368 e. The first-order valence-corrected chi connectivity index (χ1v) is 9.20. The molecule has 0 aliphatic carbocycles. The number of fused-ring (bicyclic) bond motifs is 1. The molecule has 134 valence electrons. The molecule has 5 heteroatoms. The summed E-state index contributed by atoms with van der Waals surface area (Å²) < 4.78 is 0. The van der Waals surface area contributed by atoms with E-state index in [1.807, 2.05) is 19.9 Å². The average Bonchev–Trinajstić information content (AvgIpc) is 2.61. The number of benzene rings is 1. The van der Waals surface area contributed by atoms with Gasteiger partial charge in [0.15, 0.2) is 0 Å². The Morgan fingerprint density at radius 2 is 1.96 bits per heavy atom. The lowest BCUT2D eigenvalue weighted by Gasteiger charge is -2.36. The standard InChI is InChI=1S/C20H28N4O/c1-4-15(2)22-20(25)14-23-9-11-24(12-10-23)19-13-16(3)21-18-8-6-5-7-17(18)19/h5-8,13,15H,4,9-12,14H2,1-3H3,(H,22,25)/t15-/m1/s1. The summed E-state index contributed by atoms with van der Waals surface area (Å²) in [5, 5.41) is 4.25. The Labute approximate surface area is 150 Å². The lowest BCUT2D eigenvalue weighted by Crippen LogP contribution is -2.50. The van der Waals surface area contributed by atoms with Gasteiger partial charge in [-0.1, -0.05) is 25.1 Å². The second-order valence-corrected chi connectivity index (χ2v) is 6.94. The SMILES string of the molecule is CC[C@@H](C)NC(=O)CN1CCN(c2cc(C)nc3ccccc23)CC1. The van der Waals surface area contributed by atoms with Gasteiger partial charge in [0.25, 0.3) is 0 Å². The van der Waals surface area contributed by atoms with Crippen LogP contribution in [0.15, 0.2) is 30.3 Å². The second-order valence-electron chi connectivity index (χ2n) is 6.94. The fourth-order valence-corrected chi connectivity index (χ4v) is 3.32. The molecule has 0 unspecified atom stereocenters. The molecule has 1 aliphatic rings. The molecule has 1 fully saturated rings. The fourth-order valence-electron chi connectivity index (χ4n) is 3.32. The van der Waals surface area contributed by atoms with Gasteiger partial charge in [0.2, 0.25) is 5.91 Å². The summed E-state index contributed by atoms with van der Waals surface area (Å²) in [6.45, 7) is 10.4. The maximum absolute atomic E-state index is 12.1. The predicted octanol–water partition coefficient (Wildman–Crippen LogP) is 2.58. The van der Waals surface area contributed by atoms with Crippen molar-refractivity contribution in [2.75, 3.05) is 37.6 Å². The number of hydrogen-bond acceptors (Lipinski definition) is 4. The third kappa shape index (κ3) is 4.28. The third-order valence-electron chi connectivity index (χ3n) is 4.92. The molecule has 0 radical (unpaired) electrons. The molecule has 1 aliphatic heterocycles. The average molecular weight is 340 g/mol. The Bertz CT molecular complexity index is 738. The molecule has 0 saturated carbocycles. The highest BCUT2D eigenvalue weighted by molar-refractivity contribution is 5.92. The van der Waals surface area contributed by atoms with E-state index in [9.17, 15) is 4.79 Å². The smallest absolute Gasteiger partial charge is 0.234 e. The zero-order valence-electron chi connectivity index (χ0n) is 15.5. The van der Waals surface area contributed by atoms with Crippen molar-refractivity contribution in [2.45, 2.75) is 33.2 Å². The van der Waals surface area contributed by atoms with Crippen molar-refractivity contribution in [3.8, 4) is 0 Å². The maximum Gasteiger partial charge on any atom is 0.234 e. The highest BCUT2D eigenvalue weighted by Crippen LogP contribution is 2.27. The summed E-state index contributed by atoms with van der Waals surface area (Å²) in [6, 6.07) is 10.7. The summed E-state index contributed by atoms with van der Waals surface area (Å²) in [6.07, 6.45) is 0.966. The van der Waals surface area contributed by atoms with Gasteiger partial charge in [0.1, 0.15) is 0 Å². The van der Waals surface area contributed by atoms with Crippen molar-refractivity contribution < 1.29 is 4.79 Å². The molecule has 1 N–H and O–H groups in total. The van der Waals surface area contributed by atoms with Gasteiger partial charge in [-0.05, 0) is 32.4 Å². The van der Waals surface area contributed by atoms with Gasteiger partial charge in [0, 0.05) is 49.0 Å². The molecule has 0 spiro atoms. The fraction of sp³-hybridized carbons (Fsp3) is 0.500. The minimum atomic E-state index is 0.132. The van der Waals surface area contributed by atoms with E-state index < -0.39 is 0 Å². The van der Waals surface area contributed by atoms with Crippen molar-refractivity contribution in [2.24, 2.45) is 0 Å². The van der Waals surface area contributed by atoms with Crippen LogP contribution in [-0.2, 0) is 4.79 Å². The lowest BCUT2D eigenvalue weighted by atomic mass is 10.1. The van der Waals surface area contributed by atoms with Crippen LogP contribution in [0.4, 0.5) is 5.69 Å². The number of pyridine rings is 1. The molecular formula is C20H28N4O. The van der Waals surface area contributed by atoms with Gasteiger partial charge < -0.3 is 10.2 Å². The number of aromatic nitrogens is 1. The van der Waals surface area contributed by atoms with Crippen LogP contribution in [-0.4, -0.2) is 54.6 Å². The molecule has 1 aromatic heterocycles. The minimum absolute atomic E-state index is 0.132. The molecular weight excluding hydrogens is 312 g/mol. The number of amides is 1. The quantitative estimate of drug-likeness (QED) is 0.909. The topological polar surface area (TPSA) is 48.5 Å². The Morgan fingerprint density at radius 1 is 1.24 bits per heavy atom. The molecule has 1 saturated heterocycles. The molecule has 1 atom stereocenters. The lowest BCUT2D eigenvalue weighted by molar-refractivity contribution is -0.122. The number of para-hydroxylation sites is 1. The van der Waals surface area contributed by atoms with Crippen LogP contribution in [0.1, 0.15) is 26.0 Å². The highest BCUT2D eigenvalue weighted by Gasteiger charge is 2.21. The molecule has 2 aromatic rings. The Hall–Kier alpha value is -2.14. The van der Waals surface area contributed by atoms with E-state index in [2.05, 4.69) is 51.3 Å². The Morgan fingerprint density at radius 3 is 2.68 bits per heavy atom. The second kappa shape index (κ2) is 7.83. The van der Waals surface area contributed by atoms with Gasteiger partial charge in [-0.15, -0.1) is 0 Å². The number of piperazine rings is 1. The van der Waals surface area contributed by atoms with E-state index in [-0.39, 0.29) is 11.9 Å². The van der Waals surface area contributed by atoms with Crippen LogP contribution in [0.25, 0.3) is 10.9 Å². The first-order chi connectivity index (χ1) is 12.1. The van der Waals surface area contributed by atoms with E-state index in [1.54, 1.807) is 0 Å². The zero-order valence-corrected chi connectivity index (χ0v) is 15.5. The van der Waals surface area contributed by atoms with Crippen LogP contribution in [0.2, 0.25) is 0 Å². The summed E-state index contributed by atoms with van der Waals surface area (Å²) in [7, 11) is 0. The first kappa shape index (κ1) is 17.7. The van der Waals surface area contributed by atoms with E-state index in [1.165, 1.54) is 11.1 Å². The number of anilines is 1. The highest BCUT2D eigenvalue weighted by atomic mass is 16.2. The van der Waals surface area contributed by atoms with E-state index in [0.717, 1.165) is 43.8 Å². The van der Waals surface area contributed by atoms with Crippen LogP contribution in [0.5, 0.6) is 0 Å². The van der Waals surface area contributed by atoms with Crippen molar-refractivity contribution in [1.29, 1.82) is 0 Å². The molecule has 1 amide bonds. The van der Waals surface area contributed by atoms with Crippen LogP contribution >= 0.6 is 0 Å². The van der Waals surface area contributed by atoms with Crippen molar-refractivity contribution >= 4 is 22.5 Å². The van der Waals surface area contributed by atoms with Crippen LogP contribution < -0.4 is 10.2 Å². The summed E-state index contributed by atoms with van der Waals surface area (Å²) in [5.74, 6) is 0.132. The van der Waals surface area contributed by atoms with Crippen molar-refractivity contribution in [3.05, 3.63) is 36.0 Å². The number of hydrogen-bond donors (Lipinski definition) is 1. The minimum Gasteiger partial charge on any atom is -0.368 e. The summed E-state index contributed by atoms with van der Waals surface area (Å²) >= 11 is 0.